The number of hydrogen-bond acceptors (Lipinski definition) is 2. The van der Waals surface area contributed by atoms with E-state index in [0.717, 1.165) is 19.3 Å². The number of rotatable bonds is 0. The first-order valence-electron chi connectivity index (χ1n) is 2.96. The molecule has 0 heterocycles. The molecule has 1 saturated carbocycles. The van der Waals surface area contributed by atoms with Crippen molar-refractivity contribution in [2.75, 3.05) is 0 Å². The number of carbonyl (C=O) groups is 1. The molecule has 0 aliphatic heterocycles. The van der Waals surface area contributed by atoms with Gasteiger partial charge in [-0.3, -0.25) is 4.79 Å². The van der Waals surface area contributed by atoms with Crippen LogP contribution in [0, 0.1) is 0 Å². The van der Waals surface area contributed by atoms with Crippen LogP contribution < -0.4 is 0 Å². The fraction of sp³-hybridized carbons (Fsp3) is 0.833. The van der Waals surface area contributed by atoms with Gasteiger partial charge in [0.15, 0.2) is 0 Å². The molecule has 1 aliphatic carbocycles. The molecule has 0 amide bonds. The first-order valence-corrected chi connectivity index (χ1v) is 3.43. The molecule has 0 radical (unpaired) electrons. The van der Waals surface area contributed by atoms with E-state index in [1.165, 1.54) is 0 Å². The fourth-order valence-electron chi connectivity index (χ4n) is 0.985. The molecule has 1 rings (SSSR count). The van der Waals surface area contributed by atoms with Crippen LogP contribution in [0.2, 0.25) is 0 Å². The van der Waals surface area contributed by atoms with E-state index in [9.17, 15) is 4.79 Å². The topological polar surface area (TPSA) is 17.1 Å². The predicted molar refractivity (Wildman–Crippen MR) is 34.6 cm³/mol. The second kappa shape index (κ2) is 4.56. The SMILES string of the molecule is O=C1CCCC([S-])C1.[Au+]. The quantitative estimate of drug-likeness (QED) is 0.489. The maximum atomic E-state index is 10.6. The summed E-state index contributed by atoms with van der Waals surface area (Å²) in [5.74, 6) is 0.358. The van der Waals surface area contributed by atoms with Gasteiger partial charge in [0.05, 0.1) is 0 Å². The predicted octanol–water partition coefficient (Wildman–Crippen LogP) is 1.04. The molecule has 56 valence electrons. The van der Waals surface area contributed by atoms with E-state index >= 15 is 0 Å². The molecule has 0 bridgehead atoms. The molecule has 0 aromatic carbocycles. The molecule has 1 unspecified atom stereocenters. The number of ketones is 1. The van der Waals surface area contributed by atoms with Gasteiger partial charge in [0, 0.05) is 6.42 Å². The van der Waals surface area contributed by atoms with Crippen molar-refractivity contribution in [2.24, 2.45) is 0 Å². The molecule has 0 aromatic heterocycles. The van der Waals surface area contributed by atoms with E-state index in [0.29, 0.717) is 12.2 Å². The fourth-order valence-corrected chi connectivity index (χ4v) is 1.34. The minimum absolute atomic E-state index is 0. The van der Waals surface area contributed by atoms with Gasteiger partial charge in [0.2, 0.25) is 0 Å². The number of carbonyl (C=O) groups excluding carboxylic acids is 1. The van der Waals surface area contributed by atoms with Gasteiger partial charge >= 0.3 is 22.4 Å². The molecule has 1 aliphatic rings. The molecule has 1 fully saturated rings. The van der Waals surface area contributed by atoms with E-state index in [4.69, 9.17) is 12.6 Å². The first kappa shape index (κ1) is 9.76. The summed E-state index contributed by atoms with van der Waals surface area (Å²) in [6, 6.07) is 0. The van der Waals surface area contributed by atoms with Gasteiger partial charge in [-0.25, -0.2) is 0 Å². The largest absolute Gasteiger partial charge is 1.00 e. The third-order valence-electron chi connectivity index (χ3n) is 1.44. The monoisotopic (exact) mass is 326 g/mol. The Bertz CT molecular complexity index is 105. The van der Waals surface area contributed by atoms with Gasteiger partial charge in [0.1, 0.15) is 5.78 Å². The molecule has 1 nitrogen and oxygen atoms in total. The molecule has 1 atom stereocenters. The van der Waals surface area contributed by atoms with E-state index in [1.807, 2.05) is 0 Å². The van der Waals surface area contributed by atoms with Crippen molar-refractivity contribution in [3.8, 4) is 0 Å². The van der Waals surface area contributed by atoms with E-state index in [-0.39, 0.29) is 27.6 Å². The second-order valence-corrected chi connectivity index (χ2v) is 2.92. The Morgan fingerprint density at radius 2 is 2.22 bits per heavy atom. The Labute approximate surface area is 76.5 Å². The molecule has 9 heavy (non-hydrogen) atoms. The van der Waals surface area contributed by atoms with E-state index < -0.39 is 0 Å². The maximum Gasteiger partial charge on any atom is 1.00 e. The van der Waals surface area contributed by atoms with Crippen molar-refractivity contribution in [1.29, 1.82) is 0 Å². The van der Waals surface area contributed by atoms with Gasteiger partial charge in [-0.15, -0.1) is 0 Å². The van der Waals surface area contributed by atoms with Crippen molar-refractivity contribution in [2.45, 2.75) is 30.9 Å². The van der Waals surface area contributed by atoms with Crippen LogP contribution in [0.15, 0.2) is 0 Å². The van der Waals surface area contributed by atoms with Gasteiger partial charge in [-0.1, -0.05) is 6.42 Å². The van der Waals surface area contributed by atoms with Gasteiger partial charge < -0.3 is 12.6 Å². The van der Waals surface area contributed by atoms with Crippen molar-refractivity contribution in [3.63, 3.8) is 0 Å². The van der Waals surface area contributed by atoms with Crippen LogP contribution in [-0.4, -0.2) is 11.0 Å². The Morgan fingerprint density at radius 1 is 1.56 bits per heavy atom. The van der Waals surface area contributed by atoms with Gasteiger partial charge in [-0.05, 0) is 12.8 Å². The van der Waals surface area contributed by atoms with Crippen molar-refractivity contribution in [3.05, 3.63) is 0 Å². The summed E-state index contributed by atoms with van der Waals surface area (Å²) in [7, 11) is 0. The molecule has 3 heteroatoms. The van der Waals surface area contributed by atoms with Crippen LogP contribution in [0.5, 0.6) is 0 Å². The van der Waals surface area contributed by atoms with Crippen LogP contribution in [-0.2, 0) is 39.8 Å². The summed E-state index contributed by atoms with van der Waals surface area (Å²) >= 11 is 4.95. The minimum atomic E-state index is 0. The smallest absolute Gasteiger partial charge is 0.789 e. The average molecular weight is 326 g/mol. The van der Waals surface area contributed by atoms with Crippen LogP contribution in [0.1, 0.15) is 25.7 Å². The molecule has 0 N–H and O–H groups in total. The summed E-state index contributed by atoms with van der Waals surface area (Å²) < 4.78 is 0. The van der Waals surface area contributed by atoms with Crippen LogP contribution in [0.25, 0.3) is 0 Å². The van der Waals surface area contributed by atoms with Crippen LogP contribution >= 0.6 is 0 Å². The molecule has 0 spiro atoms. The van der Waals surface area contributed by atoms with Gasteiger partial charge in [-0.2, -0.15) is 5.25 Å². The van der Waals surface area contributed by atoms with Crippen molar-refractivity contribution in [1.82, 2.24) is 0 Å². The summed E-state index contributed by atoms with van der Waals surface area (Å²) in [6.07, 6.45) is 3.51. The number of hydrogen-bond donors (Lipinski definition) is 0. The molecular weight excluding hydrogens is 317 g/mol. The molecule has 0 saturated heterocycles. The average Bonchev–Trinajstić information content (AvgIpc) is 1.64. The van der Waals surface area contributed by atoms with Gasteiger partial charge in [0.25, 0.3) is 0 Å². The molecule has 0 aromatic rings. The first-order chi connectivity index (χ1) is 3.79. The Hall–Kier alpha value is 0.760. The Morgan fingerprint density at radius 3 is 2.56 bits per heavy atom. The van der Waals surface area contributed by atoms with Crippen molar-refractivity contribution >= 4 is 18.4 Å². The zero-order chi connectivity index (χ0) is 5.98. The maximum absolute atomic E-state index is 10.6. The Balaban J connectivity index is 0.000000640. The third-order valence-corrected chi connectivity index (χ3v) is 1.84. The van der Waals surface area contributed by atoms with E-state index in [2.05, 4.69) is 0 Å². The van der Waals surface area contributed by atoms with Crippen LogP contribution in [0.4, 0.5) is 0 Å². The van der Waals surface area contributed by atoms with Crippen LogP contribution in [0.3, 0.4) is 0 Å². The standard InChI is InChI=1S/C6H10OS.Au/c7-5-2-1-3-6(8)4-5;/h6,8H,1-4H2;/q;+1/p-1. The Kier molecular flexibility index (Phi) is 4.94. The zero-order valence-corrected chi connectivity index (χ0v) is 8.01. The summed E-state index contributed by atoms with van der Waals surface area (Å²) in [4.78, 5) is 10.6. The number of Topliss-reactive ketones (excluding diaryl/α,β-unsaturated/α-hetero) is 1. The molecular formula is C6H9AuOS. The zero-order valence-electron chi connectivity index (χ0n) is 5.02. The van der Waals surface area contributed by atoms with Crippen molar-refractivity contribution < 1.29 is 27.2 Å². The minimum Gasteiger partial charge on any atom is -0.789 e. The summed E-state index contributed by atoms with van der Waals surface area (Å²) in [5, 5.41) is 0.247. The summed E-state index contributed by atoms with van der Waals surface area (Å²) in [6.45, 7) is 0. The second-order valence-electron chi connectivity index (χ2n) is 2.26. The van der Waals surface area contributed by atoms with E-state index in [1.54, 1.807) is 0 Å². The normalized spacial score (nSPS) is 27.2. The third kappa shape index (κ3) is 3.46. The summed E-state index contributed by atoms with van der Waals surface area (Å²) in [5.41, 5.74) is 0.